The predicted octanol–water partition coefficient (Wildman–Crippen LogP) is 1.23. The Labute approximate surface area is 131 Å². The number of nitrogens with one attached hydrogen (secondary N) is 1. The minimum Gasteiger partial charge on any atom is -0.370 e. The van der Waals surface area contributed by atoms with E-state index in [2.05, 4.69) is 5.32 Å². The first-order valence-electron chi connectivity index (χ1n) is 7.16. The fourth-order valence-electron chi connectivity index (χ4n) is 2.65. The van der Waals surface area contributed by atoms with Gasteiger partial charge < -0.3 is 10.1 Å². The Morgan fingerprint density at radius 1 is 1.32 bits per heavy atom. The SMILES string of the molecule is CNC(=O)c1ccc(S(=O)(=O)N2CC(C)OC(C)(C)C2)cc1. The average Bonchev–Trinajstić information content (AvgIpc) is 2.44. The van der Waals surface area contributed by atoms with Crippen LogP contribution in [-0.4, -0.2) is 50.5 Å². The van der Waals surface area contributed by atoms with Crippen molar-refractivity contribution in [3.05, 3.63) is 29.8 Å². The third-order valence-electron chi connectivity index (χ3n) is 3.52. The molecule has 0 aliphatic carbocycles. The summed E-state index contributed by atoms with van der Waals surface area (Å²) in [4.78, 5) is 11.7. The van der Waals surface area contributed by atoms with Crippen molar-refractivity contribution in [1.82, 2.24) is 9.62 Å². The van der Waals surface area contributed by atoms with E-state index in [-0.39, 0.29) is 16.9 Å². The van der Waals surface area contributed by atoms with E-state index >= 15 is 0 Å². The number of amides is 1. The van der Waals surface area contributed by atoms with Crippen molar-refractivity contribution < 1.29 is 17.9 Å². The summed E-state index contributed by atoms with van der Waals surface area (Å²) in [6, 6.07) is 5.96. The molecule has 1 heterocycles. The quantitative estimate of drug-likeness (QED) is 0.906. The lowest BCUT2D eigenvalue weighted by molar-refractivity contribution is -0.109. The lowest BCUT2D eigenvalue weighted by Gasteiger charge is -2.40. The summed E-state index contributed by atoms with van der Waals surface area (Å²) in [5.41, 5.74) is -0.0932. The lowest BCUT2D eigenvalue weighted by atomic mass is 10.1. The zero-order chi connectivity index (χ0) is 16.5. The number of carbonyl (C=O) groups is 1. The molecule has 1 amide bonds. The molecule has 122 valence electrons. The third-order valence-corrected chi connectivity index (χ3v) is 5.35. The second kappa shape index (κ2) is 5.98. The van der Waals surface area contributed by atoms with Crippen LogP contribution in [0.15, 0.2) is 29.2 Å². The molecule has 0 saturated carbocycles. The van der Waals surface area contributed by atoms with Crippen LogP contribution in [0.2, 0.25) is 0 Å². The van der Waals surface area contributed by atoms with Gasteiger partial charge in [0.1, 0.15) is 0 Å². The van der Waals surface area contributed by atoms with Gasteiger partial charge in [0.15, 0.2) is 0 Å². The summed E-state index contributed by atoms with van der Waals surface area (Å²) in [6.45, 7) is 6.23. The minimum absolute atomic E-state index is 0.163. The average molecular weight is 326 g/mol. The normalized spacial score (nSPS) is 22.3. The van der Waals surface area contributed by atoms with E-state index < -0.39 is 15.6 Å². The number of morpholine rings is 1. The van der Waals surface area contributed by atoms with Gasteiger partial charge in [0.25, 0.3) is 5.91 Å². The monoisotopic (exact) mass is 326 g/mol. The predicted molar refractivity (Wildman–Crippen MR) is 83.2 cm³/mol. The van der Waals surface area contributed by atoms with E-state index in [1.807, 2.05) is 20.8 Å². The Bertz CT molecular complexity index is 653. The van der Waals surface area contributed by atoms with E-state index in [0.29, 0.717) is 18.7 Å². The van der Waals surface area contributed by atoms with Crippen LogP contribution >= 0.6 is 0 Å². The maximum absolute atomic E-state index is 12.7. The first-order chi connectivity index (χ1) is 10.2. The molecule has 1 atom stereocenters. The minimum atomic E-state index is -3.59. The van der Waals surface area contributed by atoms with Crippen molar-refractivity contribution in [2.75, 3.05) is 20.1 Å². The highest BCUT2D eigenvalue weighted by atomic mass is 32.2. The van der Waals surface area contributed by atoms with Gasteiger partial charge in [-0.2, -0.15) is 4.31 Å². The fourth-order valence-corrected chi connectivity index (χ4v) is 4.32. The Morgan fingerprint density at radius 2 is 1.91 bits per heavy atom. The number of carbonyl (C=O) groups excluding carboxylic acids is 1. The number of nitrogens with zero attached hydrogens (tertiary/aromatic N) is 1. The van der Waals surface area contributed by atoms with Crippen molar-refractivity contribution in [2.24, 2.45) is 0 Å². The molecule has 1 aromatic carbocycles. The van der Waals surface area contributed by atoms with Gasteiger partial charge >= 0.3 is 0 Å². The Hall–Kier alpha value is -1.44. The molecule has 0 aromatic heterocycles. The highest BCUT2D eigenvalue weighted by molar-refractivity contribution is 7.89. The van der Waals surface area contributed by atoms with Crippen LogP contribution in [0.25, 0.3) is 0 Å². The van der Waals surface area contributed by atoms with E-state index in [1.165, 1.54) is 35.6 Å². The van der Waals surface area contributed by atoms with E-state index in [1.54, 1.807) is 0 Å². The van der Waals surface area contributed by atoms with Crippen molar-refractivity contribution >= 4 is 15.9 Å². The zero-order valence-electron chi connectivity index (χ0n) is 13.3. The molecule has 1 N–H and O–H groups in total. The summed E-state index contributed by atoms with van der Waals surface area (Å²) < 4.78 is 32.7. The van der Waals surface area contributed by atoms with Crippen molar-refractivity contribution in [1.29, 1.82) is 0 Å². The van der Waals surface area contributed by atoms with Crippen LogP contribution in [0, 0.1) is 0 Å². The van der Waals surface area contributed by atoms with Gasteiger partial charge in [-0.1, -0.05) is 0 Å². The molecule has 1 aliphatic heterocycles. The fraction of sp³-hybridized carbons (Fsp3) is 0.533. The molecule has 1 saturated heterocycles. The smallest absolute Gasteiger partial charge is 0.251 e. The van der Waals surface area contributed by atoms with E-state index in [9.17, 15) is 13.2 Å². The number of sulfonamides is 1. The molecule has 6 nitrogen and oxygen atoms in total. The maximum atomic E-state index is 12.7. The summed E-state index contributed by atoms with van der Waals surface area (Å²) in [5.74, 6) is -0.245. The van der Waals surface area contributed by atoms with Gasteiger partial charge in [0.2, 0.25) is 10.0 Å². The summed E-state index contributed by atoms with van der Waals surface area (Å²) >= 11 is 0. The van der Waals surface area contributed by atoms with Crippen LogP contribution < -0.4 is 5.32 Å². The van der Waals surface area contributed by atoms with Gasteiger partial charge in [-0.3, -0.25) is 4.79 Å². The van der Waals surface area contributed by atoms with Crippen LogP contribution in [-0.2, 0) is 14.8 Å². The van der Waals surface area contributed by atoms with E-state index in [0.717, 1.165) is 0 Å². The molecule has 0 radical (unpaired) electrons. The van der Waals surface area contributed by atoms with Gasteiger partial charge in [-0.15, -0.1) is 0 Å². The standard InChI is InChI=1S/C15H22N2O4S/c1-11-9-17(10-15(2,3)21-11)22(19,20)13-7-5-12(6-8-13)14(18)16-4/h5-8,11H,9-10H2,1-4H3,(H,16,18). The number of hydrogen-bond donors (Lipinski definition) is 1. The molecular formula is C15H22N2O4S. The molecule has 1 fully saturated rings. The topological polar surface area (TPSA) is 75.7 Å². The van der Waals surface area contributed by atoms with E-state index in [4.69, 9.17) is 4.74 Å². The molecule has 2 rings (SSSR count). The molecule has 22 heavy (non-hydrogen) atoms. The molecule has 1 unspecified atom stereocenters. The molecule has 1 aliphatic rings. The molecular weight excluding hydrogens is 304 g/mol. The summed E-state index contributed by atoms with van der Waals surface area (Å²) in [5, 5.41) is 2.50. The van der Waals surface area contributed by atoms with Crippen LogP contribution in [0.1, 0.15) is 31.1 Å². The molecule has 7 heteroatoms. The Balaban J connectivity index is 2.28. The van der Waals surface area contributed by atoms with Gasteiger partial charge in [0.05, 0.1) is 16.6 Å². The second-order valence-corrected chi connectivity index (χ2v) is 8.03. The summed E-state index contributed by atoms with van der Waals surface area (Å²) in [6.07, 6.45) is -0.163. The molecule has 0 bridgehead atoms. The highest BCUT2D eigenvalue weighted by Crippen LogP contribution is 2.26. The van der Waals surface area contributed by atoms with Gasteiger partial charge in [-0.25, -0.2) is 8.42 Å². The van der Waals surface area contributed by atoms with Crippen molar-refractivity contribution in [2.45, 2.75) is 37.4 Å². The number of rotatable bonds is 3. The first kappa shape index (κ1) is 16.9. The molecule has 0 spiro atoms. The number of benzene rings is 1. The summed E-state index contributed by atoms with van der Waals surface area (Å²) in [7, 11) is -2.06. The van der Waals surface area contributed by atoms with Crippen LogP contribution in [0.5, 0.6) is 0 Å². The molecule has 1 aromatic rings. The van der Waals surface area contributed by atoms with Crippen molar-refractivity contribution in [3.8, 4) is 0 Å². The Kier molecular flexibility index (Phi) is 4.60. The number of ether oxygens (including phenoxy) is 1. The zero-order valence-corrected chi connectivity index (χ0v) is 14.1. The van der Waals surface area contributed by atoms with Gasteiger partial charge in [0, 0.05) is 25.7 Å². The largest absolute Gasteiger partial charge is 0.370 e. The van der Waals surface area contributed by atoms with Crippen LogP contribution in [0.3, 0.4) is 0 Å². The number of hydrogen-bond acceptors (Lipinski definition) is 4. The van der Waals surface area contributed by atoms with Crippen LogP contribution in [0.4, 0.5) is 0 Å². The second-order valence-electron chi connectivity index (χ2n) is 6.09. The highest BCUT2D eigenvalue weighted by Gasteiger charge is 2.37. The Morgan fingerprint density at radius 3 is 2.41 bits per heavy atom. The van der Waals surface area contributed by atoms with Gasteiger partial charge in [-0.05, 0) is 45.0 Å². The maximum Gasteiger partial charge on any atom is 0.251 e. The van der Waals surface area contributed by atoms with Crippen molar-refractivity contribution in [3.63, 3.8) is 0 Å². The first-order valence-corrected chi connectivity index (χ1v) is 8.60. The lowest BCUT2D eigenvalue weighted by Crippen LogP contribution is -2.53. The third kappa shape index (κ3) is 3.48.